The average Bonchev–Trinajstić information content (AvgIpc) is 3.72. The molecule has 1 aromatic carbocycles. The van der Waals surface area contributed by atoms with Gasteiger partial charge < -0.3 is 30.0 Å². The Hall–Kier alpha value is -3.28. The average molecular weight is 574 g/mol. The number of ether oxygens (including phenoxy) is 3. The Morgan fingerprint density at radius 2 is 1.74 bits per heavy atom. The van der Waals surface area contributed by atoms with Gasteiger partial charge in [-0.15, -0.1) is 22.7 Å². The van der Waals surface area contributed by atoms with E-state index in [1.807, 2.05) is 47.2 Å². The molecule has 1 aliphatic rings. The van der Waals surface area contributed by atoms with Gasteiger partial charge in [0.1, 0.15) is 6.61 Å². The molecule has 39 heavy (non-hydrogen) atoms. The van der Waals surface area contributed by atoms with E-state index in [-0.39, 0.29) is 26.0 Å². The van der Waals surface area contributed by atoms with Crippen LogP contribution in [0.25, 0.3) is 0 Å². The lowest BCUT2D eigenvalue weighted by Crippen LogP contribution is -2.46. The SMILES string of the molecule is CCCCC(COC(=O)N(Cc1cccs1)Cc1cccs1)NC(=O)N[C@@H](CCO)c1ccc2c(c1)OCO2. The maximum Gasteiger partial charge on any atom is 0.410 e. The number of aliphatic hydroxyl groups is 1. The molecule has 9 nitrogen and oxygen atoms in total. The van der Waals surface area contributed by atoms with Crippen molar-refractivity contribution in [1.82, 2.24) is 15.5 Å². The van der Waals surface area contributed by atoms with E-state index in [0.29, 0.717) is 37.4 Å². The molecular formula is C28H35N3O6S2. The predicted octanol–water partition coefficient (Wildman–Crippen LogP) is 5.66. The molecule has 1 unspecified atom stereocenters. The number of urea groups is 1. The first kappa shape index (κ1) is 28.7. The molecule has 11 heteroatoms. The van der Waals surface area contributed by atoms with Gasteiger partial charge in [-0.05, 0) is 53.4 Å². The van der Waals surface area contributed by atoms with Crippen LogP contribution in [-0.2, 0) is 17.8 Å². The van der Waals surface area contributed by atoms with E-state index in [0.717, 1.165) is 28.2 Å². The molecule has 0 saturated carbocycles. The van der Waals surface area contributed by atoms with Crippen LogP contribution in [0.15, 0.2) is 53.2 Å². The van der Waals surface area contributed by atoms with Gasteiger partial charge in [-0.1, -0.05) is 38.0 Å². The summed E-state index contributed by atoms with van der Waals surface area (Å²) in [5.41, 5.74) is 0.804. The van der Waals surface area contributed by atoms with Crippen molar-refractivity contribution >= 4 is 34.8 Å². The second kappa shape index (κ2) is 14.8. The van der Waals surface area contributed by atoms with Gasteiger partial charge in [0.25, 0.3) is 0 Å². The lowest BCUT2D eigenvalue weighted by molar-refractivity contribution is 0.0879. The molecule has 1 aliphatic heterocycles. The molecule has 2 aromatic heterocycles. The Labute approximate surface area is 236 Å². The Morgan fingerprint density at radius 3 is 2.38 bits per heavy atom. The molecule has 0 radical (unpaired) electrons. The summed E-state index contributed by atoms with van der Waals surface area (Å²) in [7, 11) is 0. The van der Waals surface area contributed by atoms with Gasteiger partial charge in [-0.3, -0.25) is 4.90 Å². The van der Waals surface area contributed by atoms with Crippen molar-refractivity contribution in [2.45, 2.75) is 57.8 Å². The van der Waals surface area contributed by atoms with E-state index in [1.165, 1.54) is 0 Å². The van der Waals surface area contributed by atoms with Gasteiger partial charge in [0.2, 0.25) is 6.79 Å². The number of amides is 3. The largest absolute Gasteiger partial charge is 0.454 e. The summed E-state index contributed by atoms with van der Waals surface area (Å²) >= 11 is 3.19. The van der Waals surface area contributed by atoms with Crippen molar-refractivity contribution in [3.05, 3.63) is 68.5 Å². The molecule has 3 N–H and O–H groups in total. The zero-order valence-electron chi connectivity index (χ0n) is 22.0. The number of carbonyl (C=O) groups excluding carboxylic acids is 2. The Balaban J connectivity index is 1.36. The molecule has 3 amide bonds. The monoisotopic (exact) mass is 573 g/mol. The van der Waals surface area contributed by atoms with Crippen LogP contribution >= 0.6 is 22.7 Å². The van der Waals surface area contributed by atoms with Gasteiger partial charge >= 0.3 is 12.1 Å². The normalized spacial score (nSPS) is 13.5. The van der Waals surface area contributed by atoms with Gasteiger partial charge in [-0.25, -0.2) is 9.59 Å². The quantitative estimate of drug-likeness (QED) is 0.230. The molecule has 3 aromatic rings. The summed E-state index contributed by atoms with van der Waals surface area (Å²) in [6, 6.07) is 12.2. The Kier molecular flexibility index (Phi) is 10.9. The lowest BCUT2D eigenvalue weighted by atomic mass is 10.0. The van der Waals surface area contributed by atoms with Crippen LogP contribution in [0, 0.1) is 0 Å². The predicted molar refractivity (Wildman–Crippen MR) is 151 cm³/mol. The number of hydrogen-bond donors (Lipinski definition) is 3. The summed E-state index contributed by atoms with van der Waals surface area (Å²) < 4.78 is 16.6. The fourth-order valence-corrected chi connectivity index (χ4v) is 5.68. The smallest absolute Gasteiger partial charge is 0.410 e. The number of fused-ring (bicyclic) bond motifs is 1. The van der Waals surface area contributed by atoms with E-state index in [9.17, 15) is 14.7 Å². The minimum Gasteiger partial charge on any atom is -0.454 e. The second-order valence-corrected chi connectivity index (χ2v) is 11.3. The van der Waals surface area contributed by atoms with Crippen molar-refractivity contribution in [1.29, 1.82) is 0 Å². The lowest BCUT2D eigenvalue weighted by Gasteiger charge is -2.25. The second-order valence-electron chi connectivity index (χ2n) is 9.23. The van der Waals surface area contributed by atoms with Crippen LogP contribution in [0.5, 0.6) is 11.5 Å². The van der Waals surface area contributed by atoms with E-state index in [4.69, 9.17) is 14.2 Å². The van der Waals surface area contributed by atoms with Crippen LogP contribution < -0.4 is 20.1 Å². The van der Waals surface area contributed by atoms with Crippen molar-refractivity contribution in [3.63, 3.8) is 0 Å². The first-order valence-electron chi connectivity index (χ1n) is 13.1. The Bertz CT molecular complexity index is 1140. The number of nitrogens with one attached hydrogen (secondary N) is 2. The number of unbranched alkanes of at least 4 members (excludes halogenated alkanes) is 1. The molecule has 0 aliphatic carbocycles. The number of nitrogens with zero attached hydrogens (tertiary/aromatic N) is 1. The molecule has 0 bridgehead atoms. The Morgan fingerprint density at radius 1 is 1.03 bits per heavy atom. The highest BCUT2D eigenvalue weighted by molar-refractivity contribution is 7.10. The summed E-state index contributed by atoms with van der Waals surface area (Å²) in [4.78, 5) is 30.0. The van der Waals surface area contributed by atoms with E-state index < -0.39 is 18.2 Å². The highest BCUT2D eigenvalue weighted by atomic mass is 32.1. The third kappa shape index (κ3) is 8.61. The van der Waals surface area contributed by atoms with Crippen LogP contribution in [0.1, 0.15) is 54.0 Å². The topological polar surface area (TPSA) is 109 Å². The molecule has 0 fully saturated rings. The fraction of sp³-hybridized carbons (Fsp3) is 0.429. The number of carbonyl (C=O) groups is 2. The van der Waals surface area contributed by atoms with E-state index >= 15 is 0 Å². The zero-order valence-corrected chi connectivity index (χ0v) is 23.6. The summed E-state index contributed by atoms with van der Waals surface area (Å²) in [6.07, 6.45) is 2.41. The summed E-state index contributed by atoms with van der Waals surface area (Å²) in [6.45, 7) is 3.12. The first-order valence-corrected chi connectivity index (χ1v) is 14.9. The molecule has 210 valence electrons. The first-order chi connectivity index (χ1) is 19.1. The highest BCUT2D eigenvalue weighted by Crippen LogP contribution is 2.34. The summed E-state index contributed by atoms with van der Waals surface area (Å²) in [5.74, 6) is 1.26. The minimum absolute atomic E-state index is 0.0618. The third-order valence-corrected chi connectivity index (χ3v) is 8.01. The van der Waals surface area contributed by atoms with Crippen LogP contribution in [0.2, 0.25) is 0 Å². The summed E-state index contributed by atoms with van der Waals surface area (Å²) in [5, 5.41) is 19.5. The van der Waals surface area contributed by atoms with Gasteiger partial charge in [0.15, 0.2) is 11.5 Å². The third-order valence-electron chi connectivity index (χ3n) is 6.28. The van der Waals surface area contributed by atoms with Gasteiger partial charge in [-0.2, -0.15) is 0 Å². The van der Waals surface area contributed by atoms with E-state index in [1.54, 1.807) is 33.6 Å². The standard InChI is InChI=1S/C28H35N3O6S2/c1-2-3-6-21(18-35-28(34)31(16-22-7-4-13-38-22)17-23-8-5-14-39-23)29-27(33)30-24(11-12-32)20-9-10-25-26(15-20)37-19-36-25/h4-5,7-10,13-15,21,24,32H,2-3,6,11-12,16-19H2,1H3,(H2,29,30,33)/t21?,24-/m0/s1. The number of rotatable bonds is 14. The molecule has 2 atom stereocenters. The van der Waals surface area contributed by atoms with Crippen LogP contribution in [0.3, 0.4) is 0 Å². The molecular weight excluding hydrogens is 538 g/mol. The maximum absolute atomic E-state index is 13.1. The maximum atomic E-state index is 13.1. The van der Waals surface area contributed by atoms with Gasteiger partial charge in [0, 0.05) is 16.4 Å². The number of benzene rings is 1. The van der Waals surface area contributed by atoms with Gasteiger partial charge in [0.05, 0.1) is 25.2 Å². The zero-order chi connectivity index (χ0) is 27.5. The number of thiophene rings is 2. The molecule has 4 rings (SSSR count). The van der Waals surface area contributed by atoms with Crippen LogP contribution in [-0.4, -0.2) is 48.2 Å². The van der Waals surface area contributed by atoms with Crippen molar-refractivity contribution in [2.75, 3.05) is 20.0 Å². The van der Waals surface area contributed by atoms with Crippen molar-refractivity contribution < 1.29 is 28.9 Å². The number of hydrogen-bond acceptors (Lipinski definition) is 8. The molecule has 0 saturated heterocycles. The fourth-order valence-electron chi connectivity index (χ4n) is 4.24. The van der Waals surface area contributed by atoms with Crippen LogP contribution in [0.4, 0.5) is 9.59 Å². The molecule has 0 spiro atoms. The minimum atomic E-state index is -0.425. The number of aliphatic hydroxyl groups excluding tert-OH is 1. The highest BCUT2D eigenvalue weighted by Gasteiger charge is 2.23. The van der Waals surface area contributed by atoms with Crippen molar-refractivity contribution in [3.8, 4) is 11.5 Å². The van der Waals surface area contributed by atoms with E-state index in [2.05, 4.69) is 17.6 Å². The van der Waals surface area contributed by atoms with Crippen molar-refractivity contribution in [2.24, 2.45) is 0 Å². The molecule has 3 heterocycles.